The largest absolute Gasteiger partial charge is 0.480 e. The van der Waals surface area contributed by atoms with E-state index in [1.54, 1.807) is 20.8 Å². The molecule has 1 saturated heterocycles. The number of nitrogens with zero attached hydrogens (tertiary/aromatic N) is 1. The zero-order valence-corrected chi connectivity index (χ0v) is 12.0. The lowest BCUT2D eigenvalue weighted by atomic mass is 10.2. The summed E-state index contributed by atoms with van der Waals surface area (Å²) < 4.78 is 10.8. The van der Waals surface area contributed by atoms with Crippen molar-refractivity contribution in [1.82, 2.24) is 4.90 Å². The van der Waals surface area contributed by atoms with E-state index in [-0.39, 0.29) is 12.6 Å². The number of amides is 1. The monoisotopic (exact) mass is 273 g/mol. The van der Waals surface area contributed by atoms with Crippen LogP contribution in [0.15, 0.2) is 0 Å². The second-order valence-electron chi connectivity index (χ2n) is 5.72. The van der Waals surface area contributed by atoms with Gasteiger partial charge in [0.25, 0.3) is 0 Å². The molecule has 1 fully saturated rings. The summed E-state index contributed by atoms with van der Waals surface area (Å²) in [6.45, 7) is 8.08. The van der Waals surface area contributed by atoms with Gasteiger partial charge in [0.1, 0.15) is 11.6 Å². The Labute approximate surface area is 113 Å². The highest BCUT2D eigenvalue weighted by Gasteiger charge is 2.41. The van der Waals surface area contributed by atoms with Crippen LogP contribution in [0.3, 0.4) is 0 Å². The van der Waals surface area contributed by atoms with Crippen LogP contribution in [0.2, 0.25) is 0 Å². The fourth-order valence-corrected chi connectivity index (χ4v) is 1.96. The Morgan fingerprint density at radius 3 is 2.47 bits per heavy atom. The first kappa shape index (κ1) is 15.8. The summed E-state index contributed by atoms with van der Waals surface area (Å²) in [5, 5.41) is 9.17. The molecule has 1 aliphatic heterocycles. The topological polar surface area (TPSA) is 76.1 Å². The van der Waals surface area contributed by atoms with E-state index in [1.807, 2.05) is 6.92 Å². The van der Waals surface area contributed by atoms with Gasteiger partial charge >= 0.3 is 12.1 Å². The Kier molecular flexibility index (Phi) is 5.17. The summed E-state index contributed by atoms with van der Waals surface area (Å²) in [6.07, 6.45) is 0.353. The van der Waals surface area contributed by atoms with Gasteiger partial charge in [0.2, 0.25) is 0 Å². The van der Waals surface area contributed by atoms with Crippen LogP contribution in [-0.4, -0.2) is 53.0 Å². The van der Waals surface area contributed by atoms with E-state index in [2.05, 4.69) is 0 Å². The average Bonchev–Trinajstić information content (AvgIpc) is 2.68. The van der Waals surface area contributed by atoms with Gasteiger partial charge in [-0.25, -0.2) is 9.59 Å². The van der Waals surface area contributed by atoms with Gasteiger partial charge in [-0.2, -0.15) is 0 Å². The number of carboxylic acids is 1. The van der Waals surface area contributed by atoms with Crippen LogP contribution in [0, 0.1) is 0 Å². The van der Waals surface area contributed by atoms with Crippen LogP contribution in [0.5, 0.6) is 0 Å². The Morgan fingerprint density at radius 1 is 1.37 bits per heavy atom. The standard InChI is InChI=1S/C13H23NO5/c1-5-6-18-9-7-10(11(15)16)14(8-9)12(17)19-13(2,3)4/h9-10H,5-8H2,1-4H3,(H,15,16)/t9-,10+/m0/s1. The molecule has 0 bridgehead atoms. The van der Waals surface area contributed by atoms with Crippen molar-refractivity contribution in [2.75, 3.05) is 13.2 Å². The van der Waals surface area contributed by atoms with Gasteiger partial charge in [-0.05, 0) is 27.2 Å². The van der Waals surface area contributed by atoms with Crippen molar-refractivity contribution in [3.05, 3.63) is 0 Å². The van der Waals surface area contributed by atoms with E-state index in [0.29, 0.717) is 13.0 Å². The maximum absolute atomic E-state index is 12.0. The molecule has 1 aliphatic rings. The van der Waals surface area contributed by atoms with Crippen LogP contribution in [0.25, 0.3) is 0 Å². The Morgan fingerprint density at radius 2 is 2.00 bits per heavy atom. The smallest absolute Gasteiger partial charge is 0.411 e. The number of rotatable bonds is 4. The normalized spacial score (nSPS) is 23.5. The predicted molar refractivity (Wildman–Crippen MR) is 69.0 cm³/mol. The molecular formula is C13H23NO5. The lowest BCUT2D eigenvalue weighted by Gasteiger charge is -2.26. The zero-order valence-electron chi connectivity index (χ0n) is 12.0. The first-order chi connectivity index (χ1) is 8.74. The van der Waals surface area contributed by atoms with Gasteiger partial charge in [0.15, 0.2) is 0 Å². The van der Waals surface area contributed by atoms with Crippen LogP contribution in [0.4, 0.5) is 4.79 Å². The molecule has 6 heteroatoms. The predicted octanol–water partition coefficient (Wildman–Crippen LogP) is 1.88. The van der Waals surface area contributed by atoms with E-state index in [4.69, 9.17) is 14.6 Å². The maximum Gasteiger partial charge on any atom is 0.411 e. The fraction of sp³-hybridized carbons (Fsp3) is 0.846. The average molecular weight is 273 g/mol. The summed E-state index contributed by atoms with van der Waals surface area (Å²) in [5.74, 6) is -1.02. The molecule has 0 aliphatic carbocycles. The van der Waals surface area contributed by atoms with Crippen molar-refractivity contribution in [2.24, 2.45) is 0 Å². The molecule has 2 atom stereocenters. The molecule has 1 amide bonds. The summed E-state index contributed by atoms with van der Waals surface area (Å²) in [7, 11) is 0. The SMILES string of the molecule is CCCO[C@H]1C[C@H](C(=O)O)N(C(=O)OC(C)(C)C)C1. The molecule has 1 rings (SSSR count). The third-order valence-corrected chi connectivity index (χ3v) is 2.73. The molecule has 1 heterocycles. The number of hydrogen-bond donors (Lipinski definition) is 1. The van der Waals surface area contributed by atoms with Crippen molar-refractivity contribution < 1.29 is 24.2 Å². The number of ether oxygens (including phenoxy) is 2. The van der Waals surface area contributed by atoms with Crippen molar-refractivity contribution in [2.45, 2.75) is 58.3 Å². The minimum Gasteiger partial charge on any atom is -0.480 e. The Balaban J connectivity index is 2.68. The number of carbonyl (C=O) groups excluding carboxylic acids is 1. The number of hydrogen-bond acceptors (Lipinski definition) is 4. The third-order valence-electron chi connectivity index (χ3n) is 2.73. The second-order valence-corrected chi connectivity index (χ2v) is 5.72. The van der Waals surface area contributed by atoms with Crippen molar-refractivity contribution in [3.8, 4) is 0 Å². The van der Waals surface area contributed by atoms with Gasteiger partial charge < -0.3 is 14.6 Å². The molecule has 110 valence electrons. The number of carbonyl (C=O) groups is 2. The first-order valence-electron chi connectivity index (χ1n) is 6.58. The summed E-state index contributed by atoms with van der Waals surface area (Å²) in [6, 6.07) is -0.864. The molecule has 0 spiro atoms. The highest BCUT2D eigenvalue weighted by molar-refractivity contribution is 5.81. The molecule has 0 aromatic heterocycles. The first-order valence-corrected chi connectivity index (χ1v) is 6.58. The lowest BCUT2D eigenvalue weighted by molar-refractivity contribution is -0.142. The van der Waals surface area contributed by atoms with Crippen LogP contribution in [0.1, 0.15) is 40.5 Å². The summed E-state index contributed by atoms with van der Waals surface area (Å²) in [5.41, 5.74) is -0.636. The number of likely N-dealkylation sites (tertiary alicyclic amines) is 1. The minimum absolute atomic E-state index is 0.228. The van der Waals surface area contributed by atoms with Crippen LogP contribution >= 0.6 is 0 Å². The molecule has 6 nitrogen and oxygen atoms in total. The summed E-state index contributed by atoms with van der Waals surface area (Å²) in [4.78, 5) is 24.4. The minimum atomic E-state index is -1.02. The van der Waals surface area contributed by atoms with Crippen LogP contribution < -0.4 is 0 Å². The van der Waals surface area contributed by atoms with Gasteiger partial charge in [0, 0.05) is 13.0 Å². The van der Waals surface area contributed by atoms with Crippen molar-refractivity contribution in [1.29, 1.82) is 0 Å². The van der Waals surface area contributed by atoms with Crippen molar-refractivity contribution >= 4 is 12.1 Å². The molecule has 0 aromatic carbocycles. The van der Waals surface area contributed by atoms with Gasteiger partial charge in [-0.15, -0.1) is 0 Å². The van der Waals surface area contributed by atoms with E-state index in [0.717, 1.165) is 6.42 Å². The molecule has 0 radical (unpaired) electrons. The van der Waals surface area contributed by atoms with E-state index < -0.39 is 23.7 Å². The van der Waals surface area contributed by atoms with Gasteiger partial charge in [0.05, 0.1) is 12.6 Å². The van der Waals surface area contributed by atoms with Gasteiger partial charge in [-0.1, -0.05) is 6.92 Å². The molecule has 0 saturated carbocycles. The van der Waals surface area contributed by atoms with E-state index in [9.17, 15) is 9.59 Å². The zero-order chi connectivity index (χ0) is 14.6. The van der Waals surface area contributed by atoms with Crippen molar-refractivity contribution in [3.63, 3.8) is 0 Å². The molecule has 19 heavy (non-hydrogen) atoms. The fourth-order valence-electron chi connectivity index (χ4n) is 1.96. The molecule has 1 N–H and O–H groups in total. The van der Waals surface area contributed by atoms with E-state index >= 15 is 0 Å². The van der Waals surface area contributed by atoms with Crippen LogP contribution in [-0.2, 0) is 14.3 Å². The van der Waals surface area contributed by atoms with Gasteiger partial charge in [-0.3, -0.25) is 4.90 Å². The third kappa shape index (κ3) is 4.70. The Bertz CT molecular complexity index is 336. The second kappa shape index (κ2) is 6.23. The number of carboxylic acid groups (broad SMARTS) is 1. The number of aliphatic carboxylic acids is 1. The highest BCUT2D eigenvalue weighted by Crippen LogP contribution is 2.23. The van der Waals surface area contributed by atoms with E-state index in [1.165, 1.54) is 4.90 Å². The summed E-state index contributed by atoms with van der Waals surface area (Å²) >= 11 is 0. The Hall–Kier alpha value is -1.30. The quantitative estimate of drug-likeness (QED) is 0.846. The molecule has 0 unspecified atom stereocenters. The lowest BCUT2D eigenvalue weighted by Crippen LogP contribution is -2.43. The highest BCUT2D eigenvalue weighted by atomic mass is 16.6. The molecule has 0 aromatic rings. The molecular weight excluding hydrogens is 250 g/mol. The maximum atomic E-state index is 12.0.